The molecule has 1 aliphatic heterocycles. The Kier molecular flexibility index (Phi) is 4.09. The van der Waals surface area contributed by atoms with Gasteiger partial charge >= 0.3 is 0 Å². The van der Waals surface area contributed by atoms with Gasteiger partial charge in [-0.1, -0.05) is 34.1 Å². The van der Waals surface area contributed by atoms with Gasteiger partial charge in [-0.3, -0.25) is 9.59 Å². The van der Waals surface area contributed by atoms with Crippen molar-refractivity contribution < 1.29 is 19.1 Å². The maximum absolute atomic E-state index is 12.9. The molecule has 0 bridgehead atoms. The number of fused-ring (bicyclic) bond motifs is 1. The third kappa shape index (κ3) is 2.30. The molecule has 0 radical (unpaired) electrons. The number of carbonyl (C=O) groups is 2. The predicted octanol–water partition coefficient (Wildman–Crippen LogP) is 3.40. The summed E-state index contributed by atoms with van der Waals surface area (Å²) in [6.07, 6.45) is 0. The van der Waals surface area contributed by atoms with E-state index in [-0.39, 0.29) is 11.1 Å². The van der Waals surface area contributed by atoms with E-state index in [1.54, 1.807) is 24.3 Å². The number of hydrogen-bond acceptors (Lipinski definition) is 4. The Labute approximate surface area is 141 Å². The van der Waals surface area contributed by atoms with Gasteiger partial charge < -0.3 is 9.47 Å². The zero-order valence-corrected chi connectivity index (χ0v) is 14.2. The number of halogens is 1. The molecule has 2 aromatic carbocycles. The van der Waals surface area contributed by atoms with Gasteiger partial charge in [0, 0.05) is 5.33 Å². The highest BCUT2D eigenvalue weighted by Crippen LogP contribution is 2.40. The normalized spacial score (nSPS) is 13.3. The van der Waals surface area contributed by atoms with Crippen molar-refractivity contribution in [2.45, 2.75) is 5.33 Å². The highest BCUT2D eigenvalue weighted by Gasteiger charge is 2.42. The van der Waals surface area contributed by atoms with Crippen LogP contribution in [0.1, 0.15) is 26.3 Å². The number of amides is 2. The Bertz CT molecular complexity index is 760. The van der Waals surface area contributed by atoms with Crippen LogP contribution in [0.2, 0.25) is 0 Å². The lowest BCUT2D eigenvalue weighted by atomic mass is 10.1. The molecule has 2 amide bonds. The zero-order valence-electron chi connectivity index (χ0n) is 12.6. The Morgan fingerprint density at radius 1 is 0.913 bits per heavy atom. The van der Waals surface area contributed by atoms with Crippen LogP contribution in [0.5, 0.6) is 11.5 Å². The molecule has 0 unspecified atom stereocenters. The standard InChI is InChI=1S/C17H14BrNO4/c1-22-12-7-8-13(23-2)15-14(12)16(20)19(17(15)21)11-6-4-3-5-10(11)9-18/h3-8H,9H2,1-2H3. The van der Waals surface area contributed by atoms with Gasteiger partial charge in [0.25, 0.3) is 11.8 Å². The van der Waals surface area contributed by atoms with Crippen LogP contribution in [0.15, 0.2) is 36.4 Å². The number of carbonyl (C=O) groups excluding carboxylic acids is 2. The number of rotatable bonds is 4. The van der Waals surface area contributed by atoms with Crippen molar-refractivity contribution in [1.29, 1.82) is 0 Å². The molecule has 0 atom stereocenters. The third-order valence-electron chi connectivity index (χ3n) is 3.78. The molecule has 1 heterocycles. The lowest BCUT2D eigenvalue weighted by Crippen LogP contribution is -2.30. The number of alkyl halides is 1. The average molecular weight is 376 g/mol. The van der Waals surface area contributed by atoms with E-state index in [9.17, 15) is 9.59 Å². The van der Waals surface area contributed by atoms with E-state index >= 15 is 0 Å². The van der Waals surface area contributed by atoms with Crippen molar-refractivity contribution in [3.63, 3.8) is 0 Å². The molecular formula is C17H14BrNO4. The fraction of sp³-hybridized carbons (Fsp3) is 0.176. The topological polar surface area (TPSA) is 55.8 Å². The summed E-state index contributed by atoms with van der Waals surface area (Å²) in [6.45, 7) is 0. The fourth-order valence-corrected chi connectivity index (χ4v) is 3.18. The summed E-state index contributed by atoms with van der Waals surface area (Å²) < 4.78 is 10.5. The first-order chi connectivity index (χ1) is 11.1. The van der Waals surface area contributed by atoms with Crippen molar-refractivity contribution in [3.05, 3.63) is 53.1 Å². The summed E-state index contributed by atoms with van der Waals surface area (Å²) >= 11 is 3.39. The second-order valence-corrected chi connectivity index (χ2v) is 5.49. The van der Waals surface area contributed by atoms with Gasteiger partial charge in [0.1, 0.15) is 11.5 Å². The van der Waals surface area contributed by atoms with Crippen molar-refractivity contribution in [3.8, 4) is 11.5 Å². The SMILES string of the molecule is COc1ccc(OC)c2c1C(=O)N(c1ccccc1CBr)C2=O. The zero-order chi connectivity index (χ0) is 16.6. The van der Waals surface area contributed by atoms with E-state index < -0.39 is 11.8 Å². The highest BCUT2D eigenvalue weighted by atomic mass is 79.9. The monoisotopic (exact) mass is 375 g/mol. The lowest BCUT2D eigenvalue weighted by Gasteiger charge is -2.17. The van der Waals surface area contributed by atoms with Gasteiger partial charge in [0.05, 0.1) is 31.0 Å². The largest absolute Gasteiger partial charge is 0.496 e. The summed E-state index contributed by atoms with van der Waals surface area (Å²) in [5.74, 6) is -0.0979. The summed E-state index contributed by atoms with van der Waals surface area (Å²) in [6, 6.07) is 10.5. The van der Waals surface area contributed by atoms with Crippen LogP contribution in [-0.2, 0) is 5.33 Å². The molecule has 0 saturated heterocycles. The molecule has 0 N–H and O–H groups in total. The van der Waals surface area contributed by atoms with Crippen molar-refractivity contribution in [1.82, 2.24) is 0 Å². The summed E-state index contributed by atoms with van der Waals surface area (Å²) in [4.78, 5) is 26.9. The molecule has 1 aliphatic rings. The molecule has 2 aromatic rings. The van der Waals surface area contributed by atoms with Gasteiger partial charge in [0.2, 0.25) is 0 Å². The Morgan fingerprint density at radius 2 is 1.43 bits per heavy atom. The molecule has 3 rings (SSSR count). The predicted molar refractivity (Wildman–Crippen MR) is 89.8 cm³/mol. The number of benzene rings is 2. The molecule has 23 heavy (non-hydrogen) atoms. The molecule has 6 heteroatoms. The van der Waals surface area contributed by atoms with Crippen LogP contribution in [-0.4, -0.2) is 26.0 Å². The molecule has 0 aromatic heterocycles. The number of imide groups is 1. The maximum Gasteiger partial charge on any atom is 0.270 e. The van der Waals surface area contributed by atoms with E-state index in [1.807, 2.05) is 12.1 Å². The minimum atomic E-state index is -0.408. The maximum atomic E-state index is 12.9. The van der Waals surface area contributed by atoms with E-state index in [4.69, 9.17) is 9.47 Å². The van der Waals surface area contributed by atoms with E-state index in [1.165, 1.54) is 19.1 Å². The molecule has 0 fully saturated rings. The van der Waals surface area contributed by atoms with Crippen LogP contribution >= 0.6 is 15.9 Å². The second-order valence-electron chi connectivity index (χ2n) is 4.93. The first-order valence-electron chi connectivity index (χ1n) is 6.91. The van der Waals surface area contributed by atoms with Crippen molar-refractivity contribution in [2.75, 3.05) is 19.1 Å². The average Bonchev–Trinajstić information content (AvgIpc) is 2.86. The minimum Gasteiger partial charge on any atom is -0.496 e. The van der Waals surface area contributed by atoms with E-state index in [0.717, 1.165) is 5.56 Å². The van der Waals surface area contributed by atoms with Gasteiger partial charge in [0.15, 0.2) is 0 Å². The van der Waals surface area contributed by atoms with E-state index in [2.05, 4.69) is 15.9 Å². The highest BCUT2D eigenvalue weighted by molar-refractivity contribution is 9.08. The van der Waals surface area contributed by atoms with Crippen LogP contribution in [0.25, 0.3) is 0 Å². The van der Waals surface area contributed by atoms with Crippen LogP contribution in [0.4, 0.5) is 5.69 Å². The molecular weight excluding hydrogens is 362 g/mol. The van der Waals surface area contributed by atoms with Crippen molar-refractivity contribution >= 4 is 33.4 Å². The summed E-state index contributed by atoms with van der Waals surface area (Å²) in [5, 5.41) is 0.533. The fourth-order valence-electron chi connectivity index (χ4n) is 2.71. The number of anilines is 1. The Hall–Kier alpha value is -2.34. The van der Waals surface area contributed by atoms with Crippen LogP contribution in [0, 0.1) is 0 Å². The Balaban J connectivity index is 2.21. The number of nitrogens with zero attached hydrogens (tertiary/aromatic N) is 1. The lowest BCUT2D eigenvalue weighted by molar-refractivity contribution is 0.0924. The van der Waals surface area contributed by atoms with Gasteiger partial charge in [-0.15, -0.1) is 0 Å². The smallest absolute Gasteiger partial charge is 0.270 e. The van der Waals surface area contributed by atoms with Crippen LogP contribution in [0.3, 0.4) is 0 Å². The minimum absolute atomic E-state index is 0.237. The molecule has 0 spiro atoms. The number of methoxy groups -OCH3 is 2. The summed E-state index contributed by atoms with van der Waals surface area (Å²) in [7, 11) is 2.93. The molecule has 0 saturated carbocycles. The third-order valence-corrected chi connectivity index (χ3v) is 4.38. The summed E-state index contributed by atoms with van der Waals surface area (Å²) in [5.41, 5.74) is 1.88. The molecule has 118 valence electrons. The number of hydrogen-bond donors (Lipinski definition) is 0. The van der Waals surface area contributed by atoms with Crippen molar-refractivity contribution in [2.24, 2.45) is 0 Å². The molecule has 5 nitrogen and oxygen atoms in total. The Morgan fingerprint density at radius 3 is 1.91 bits per heavy atom. The van der Waals surface area contributed by atoms with Gasteiger partial charge in [-0.05, 0) is 23.8 Å². The number of ether oxygens (including phenoxy) is 2. The van der Waals surface area contributed by atoms with Gasteiger partial charge in [-0.25, -0.2) is 4.90 Å². The van der Waals surface area contributed by atoms with Crippen LogP contribution < -0.4 is 14.4 Å². The van der Waals surface area contributed by atoms with E-state index in [0.29, 0.717) is 22.5 Å². The first-order valence-corrected chi connectivity index (χ1v) is 8.03. The number of para-hydroxylation sites is 1. The molecule has 0 aliphatic carbocycles. The quantitative estimate of drug-likeness (QED) is 0.606. The second kappa shape index (κ2) is 6.04. The first kappa shape index (κ1) is 15.6. The van der Waals surface area contributed by atoms with Gasteiger partial charge in [-0.2, -0.15) is 0 Å².